The molecule has 1 atom stereocenters. The van der Waals surface area contributed by atoms with Crippen LogP contribution in [0.4, 0.5) is 0 Å². The lowest BCUT2D eigenvalue weighted by Gasteiger charge is -2.16. The van der Waals surface area contributed by atoms with Gasteiger partial charge in [-0.25, -0.2) is 9.78 Å². The Labute approximate surface area is 144 Å². The van der Waals surface area contributed by atoms with E-state index in [1.807, 2.05) is 19.9 Å². The largest absolute Gasteiger partial charge is 0.479 e. The minimum atomic E-state index is -1.11. The minimum absolute atomic E-state index is 0.318. The third-order valence-corrected chi connectivity index (χ3v) is 4.83. The van der Waals surface area contributed by atoms with Crippen LogP contribution in [0.2, 0.25) is 0 Å². The van der Waals surface area contributed by atoms with Crippen LogP contribution in [0.1, 0.15) is 43.1 Å². The Bertz CT molecular complexity index is 770. The first-order valence-electron chi connectivity index (χ1n) is 7.39. The molecule has 2 rings (SSSR count). The van der Waals surface area contributed by atoms with Crippen LogP contribution in [-0.2, 0) is 16.1 Å². The minimum Gasteiger partial charge on any atom is -0.479 e. The summed E-state index contributed by atoms with van der Waals surface area (Å²) in [5.41, 5.74) is 3.15. The van der Waals surface area contributed by atoms with E-state index in [0.717, 1.165) is 11.1 Å². The van der Waals surface area contributed by atoms with Crippen LogP contribution in [0.3, 0.4) is 0 Å². The van der Waals surface area contributed by atoms with Crippen LogP contribution in [0.5, 0.6) is 0 Å². The average Bonchev–Trinajstić information content (AvgIpc) is 2.88. The zero-order valence-electron chi connectivity index (χ0n) is 14.0. The van der Waals surface area contributed by atoms with Gasteiger partial charge in [-0.05, 0) is 37.5 Å². The number of carbonyl (C=O) groups excluding carboxylic acids is 1. The number of aryl methyl sites for hydroxylation is 3. The second-order valence-electron chi connectivity index (χ2n) is 5.54. The first kappa shape index (κ1) is 18.1. The number of nitrogens with one attached hydrogen (secondary N) is 1. The third-order valence-electron chi connectivity index (χ3n) is 3.70. The summed E-state index contributed by atoms with van der Waals surface area (Å²) in [7, 11) is 1.55. The van der Waals surface area contributed by atoms with Crippen LogP contribution >= 0.6 is 11.3 Å². The summed E-state index contributed by atoms with van der Waals surface area (Å²) < 4.78 is 5.01. The number of ether oxygens (including phenoxy) is 1. The normalized spacial score (nSPS) is 12.0. The average molecular weight is 348 g/mol. The van der Waals surface area contributed by atoms with Crippen molar-refractivity contribution in [3.63, 3.8) is 0 Å². The molecule has 0 spiro atoms. The first-order chi connectivity index (χ1) is 11.3. The molecule has 0 fully saturated rings. The molecule has 2 N–H and O–H groups in total. The maximum absolute atomic E-state index is 12.5. The van der Waals surface area contributed by atoms with Crippen molar-refractivity contribution < 1.29 is 19.4 Å². The Morgan fingerprint density at radius 2 is 2.00 bits per heavy atom. The van der Waals surface area contributed by atoms with Crippen LogP contribution < -0.4 is 5.32 Å². The predicted octanol–water partition coefficient (Wildman–Crippen LogP) is 2.77. The summed E-state index contributed by atoms with van der Waals surface area (Å²) in [5, 5.41) is 12.8. The van der Waals surface area contributed by atoms with Crippen LogP contribution in [0.15, 0.2) is 18.2 Å². The number of aliphatic carboxylic acids is 1. The Kier molecular flexibility index (Phi) is 5.69. The smallest absolute Gasteiger partial charge is 0.330 e. The van der Waals surface area contributed by atoms with Gasteiger partial charge in [0.2, 0.25) is 0 Å². The molecular weight excluding hydrogens is 328 g/mol. The Hall–Kier alpha value is -2.25. The highest BCUT2D eigenvalue weighted by atomic mass is 32.1. The maximum Gasteiger partial charge on any atom is 0.330 e. The number of carboxylic acids is 1. The molecule has 1 heterocycles. The number of carboxylic acid groups (broad SMARTS) is 1. The van der Waals surface area contributed by atoms with Gasteiger partial charge in [0, 0.05) is 7.11 Å². The van der Waals surface area contributed by atoms with Gasteiger partial charge in [0.25, 0.3) is 5.91 Å². The summed E-state index contributed by atoms with van der Waals surface area (Å²) >= 11 is 1.21. The van der Waals surface area contributed by atoms with E-state index in [2.05, 4.69) is 10.3 Å². The van der Waals surface area contributed by atoms with Crippen molar-refractivity contribution >= 4 is 23.2 Å². The van der Waals surface area contributed by atoms with E-state index in [-0.39, 0.29) is 0 Å². The quantitative estimate of drug-likeness (QED) is 0.838. The molecule has 1 unspecified atom stereocenters. The number of hydrogen-bond donors (Lipinski definition) is 2. The van der Waals surface area contributed by atoms with Crippen LogP contribution in [0, 0.1) is 20.8 Å². The lowest BCUT2D eigenvalue weighted by Crippen LogP contribution is -2.33. The SMILES string of the molecule is COCc1nc(C)c(C(=O)NC(C(=O)O)c2ccc(C)c(C)c2)s1. The molecule has 0 aliphatic carbocycles. The van der Waals surface area contributed by atoms with Crippen molar-refractivity contribution in [3.05, 3.63) is 50.5 Å². The number of nitrogens with zero attached hydrogens (tertiary/aromatic N) is 1. The van der Waals surface area contributed by atoms with Crippen molar-refractivity contribution in [2.24, 2.45) is 0 Å². The van der Waals surface area contributed by atoms with Crippen LogP contribution in [0.25, 0.3) is 0 Å². The van der Waals surface area contributed by atoms with Crippen molar-refractivity contribution in [2.45, 2.75) is 33.4 Å². The highest BCUT2D eigenvalue weighted by molar-refractivity contribution is 7.13. The number of benzene rings is 1. The van der Waals surface area contributed by atoms with Gasteiger partial charge in [-0.1, -0.05) is 18.2 Å². The van der Waals surface area contributed by atoms with Gasteiger partial charge < -0.3 is 15.2 Å². The lowest BCUT2D eigenvalue weighted by molar-refractivity contribution is -0.139. The summed E-state index contributed by atoms with van der Waals surface area (Å²) in [6.45, 7) is 5.89. The van der Waals surface area contributed by atoms with Gasteiger partial charge >= 0.3 is 5.97 Å². The fraction of sp³-hybridized carbons (Fsp3) is 0.353. The molecule has 24 heavy (non-hydrogen) atoms. The fourth-order valence-corrected chi connectivity index (χ4v) is 3.22. The molecule has 6 nitrogen and oxygen atoms in total. The number of aromatic nitrogens is 1. The van der Waals surface area contributed by atoms with E-state index in [9.17, 15) is 14.7 Å². The zero-order valence-corrected chi connectivity index (χ0v) is 14.9. The number of amides is 1. The topological polar surface area (TPSA) is 88.5 Å². The zero-order chi connectivity index (χ0) is 17.9. The molecular formula is C17H20N2O4S. The number of hydrogen-bond acceptors (Lipinski definition) is 5. The van der Waals surface area contributed by atoms with Crippen molar-refractivity contribution in [1.29, 1.82) is 0 Å². The van der Waals surface area contributed by atoms with Gasteiger partial charge in [-0.2, -0.15) is 0 Å². The van der Waals surface area contributed by atoms with Gasteiger partial charge in [0.1, 0.15) is 9.88 Å². The second-order valence-corrected chi connectivity index (χ2v) is 6.63. The predicted molar refractivity (Wildman–Crippen MR) is 91.3 cm³/mol. The molecule has 0 saturated carbocycles. The molecule has 7 heteroatoms. The molecule has 0 aliphatic heterocycles. The van der Waals surface area contributed by atoms with Crippen molar-refractivity contribution in [3.8, 4) is 0 Å². The van der Waals surface area contributed by atoms with Gasteiger partial charge in [-0.3, -0.25) is 4.79 Å². The summed E-state index contributed by atoms with van der Waals surface area (Å²) in [6, 6.07) is 4.24. The molecule has 0 bridgehead atoms. The monoisotopic (exact) mass is 348 g/mol. The highest BCUT2D eigenvalue weighted by Crippen LogP contribution is 2.22. The van der Waals surface area contributed by atoms with E-state index < -0.39 is 17.9 Å². The molecule has 2 aromatic rings. The summed E-state index contributed by atoms with van der Waals surface area (Å²) in [4.78, 5) is 28.7. The second kappa shape index (κ2) is 7.55. The number of thiazole rings is 1. The van der Waals surface area contributed by atoms with Crippen molar-refractivity contribution in [2.75, 3.05) is 7.11 Å². The Morgan fingerprint density at radius 3 is 2.58 bits per heavy atom. The van der Waals surface area contributed by atoms with E-state index in [4.69, 9.17) is 4.74 Å². The standard InChI is InChI=1S/C17H20N2O4S/c1-9-5-6-12(7-10(9)2)14(17(21)22)19-16(20)15-11(3)18-13(24-15)8-23-4/h5-7,14H,8H2,1-4H3,(H,19,20)(H,21,22). The van der Waals surface area contributed by atoms with E-state index in [1.165, 1.54) is 11.3 Å². The molecule has 0 aliphatic rings. The molecule has 0 radical (unpaired) electrons. The highest BCUT2D eigenvalue weighted by Gasteiger charge is 2.25. The van der Waals surface area contributed by atoms with Gasteiger partial charge in [-0.15, -0.1) is 11.3 Å². The van der Waals surface area contributed by atoms with E-state index in [0.29, 0.717) is 27.7 Å². The number of rotatable bonds is 6. The molecule has 1 amide bonds. The fourth-order valence-electron chi connectivity index (χ4n) is 2.28. The molecule has 1 aromatic heterocycles. The maximum atomic E-state index is 12.5. The summed E-state index contributed by atoms with van der Waals surface area (Å²) in [5.74, 6) is -1.55. The van der Waals surface area contributed by atoms with E-state index in [1.54, 1.807) is 26.2 Å². The molecule has 1 aromatic carbocycles. The molecule has 128 valence electrons. The Balaban J connectivity index is 2.25. The number of carbonyl (C=O) groups is 2. The summed E-state index contributed by atoms with van der Waals surface area (Å²) in [6.07, 6.45) is 0. The van der Waals surface area contributed by atoms with Crippen molar-refractivity contribution in [1.82, 2.24) is 10.3 Å². The Morgan fingerprint density at radius 1 is 1.29 bits per heavy atom. The van der Waals surface area contributed by atoms with E-state index >= 15 is 0 Å². The lowest BCUT2D eigenvalue weighted by atomic mass is 10.0. The number of methoxy groups -OCH3 is 1. The molecule has 0 saturated heterocycles. The third kappa shape index (κ3) is 3.98. The van der Waals surface area contributed by atoms with Gasteiger partial charge in [0.15, 0.2) is 6.04 Å². The first-order valence-corrected chi connectivity index (χ1v) is 8.21. The van der Waals surface area contributed by atoms with Crippen LogP contribution in [-0.4, -0.2) is 29.1 Å². The van der Waals surface area contributed by atoms with Gasteiger partial charge in [0.05, 0.1) is 12.3 Å².